The Morgan fingerprint density at radius 3 is 2.79 bits per heavy atom. The van der Waals surface area contributed by atoms with E-state index in [1.807, 2.05) is 13.0 Å². The molecule has 0 spiro atoms. The number of nitrogens with one attached hydrogen (secondary N) is 2. The van der Waals surface area contributed by atoms with Crippen molar-refractivity contribution in [2.75, 3.05) is 17.2 Å². The second-order valence-electron chi connectivity index (χ2n) is 6.22. The van der Waals surface area contributed by atoms with Gasteiger partial charge in [-0.1, -0.05) is 27.2 Å². The Bertz CT molecular complexity index is 428. The van der Waals surface area contributed by atoms with Gasteiger partial charge >= 0.3 is 0 Å². The maximum Gasteiger partial charge on any atom is 0.224 e. The highest BCUT2D eigenvalue weighted by atomic mass is 15.1. The minimum atomic E-state index is 0.357. The topological polar surface area (TPSA) is 49.8 Å². The van der Waals surface area contributed by atoms with Gasteiger partial charge < -0.3 is 10.6 Å². The second-order valence-corrected chi connectivity index (χ2v) is 6.22. The van der Waals surface area contributed by atoms with Gasteiger partial charge in [0, 0.05) is 24.3 Å². The van der Waals surface area contributed by atoms with Crippen LogP contribution in [0.2, 0.25) is 0 Å². The van der Waals surface area contributed by atoms with Crippen molar-refractivity contribution in [2.24, 2.45) is 5.41 Å². The van der Waals surface area contributed by atoms with Crippen LogP contribution in [-0.4, -0.2) is 22.6 Å². The molecule has 1 saturated carbocycles. The largest absolute Gasteiger partial charge is 0.367 e. The number of aryl methyl sites for hydroxylation is 1. The molecule has 1 fully saturated rings. The van der Waals surface area contributed by atoms with Crippen LogP contribution in [-0.2, 0) is 0 Å². The zero-order chi connectivity index (χ0) is 13.9. The summed E-state index contributed by atoms with van der Waals surface area (Å²) in [4.78, 5) is 8.99. The zero-order valence-electron chi connectivity index (χ0n) is 12.6. The van der Waals surface area contributed by atoms with Crippen LogP contribution in [0.4, 0.5) is 11.8 Å². The fourth-order valence-electron chi connectivity index (χ4n) is 2.73. The first-order valence-corrected chi connectivity index (χ1v) is 7.37. The first-order chi connectivity index (χ1) is 9.01. The van der Waals surface area contributed by atoms with Crippen LogP contribution in [0.5, 0.6) is 0 Å². The highest BCUT2D eigenvalue weighted by Crippen LogP contribution is 2.38. The number of hydrogen-bond donors (Lipinski definition) is 2. The second kappa shape index (κ2) is 5.76. The van der Waals surface area contributed by atoms with Gasteiger partial charge in [0.05, 0.1) is 0 Å². The van der Waals surface area contributed by atoms with Gasteiger partial charge in [0.2, 0.25) is 5.95 Å². The molecular weight excluding hydrogens is 236 g/mol. The van der Waals surface area contributed by atoms with E-state index in [-0.39, 0.29) is 0 Å². The molecule has 1 heterocycles. The van der Waals surface area contributed by atoms with Gasteiger partial charge in [0.25, 0.3) is 0 Å². The molecule has 4 nitrogen and oxygen atoms in total. The smallest absolute Gasteiger partial charge is 0.224 e. The molecule has 0 aliphatic heterocycles. The molecule has 1 aliphatic carbocycles. The molecule has 2 N–H and O–H groups in total. The van der Waals surface area contributed by atoms with Crippen LogP contribution in [0.3, 0.4) is 0 Å². The Morgan fingerprint density at radius 1 is 1.37 bits per heavy atom. The molecule has 1 aromatic heterocycles. The molecule has 1 atom stereocenters. The third kappa shape index (κ3) is 3.58. The summed E-state index contributed by atoms with van der Waals surface area (Å²) >= 11 is 0. The molecule has 19 heavy (non-hydrogen) atoms. The minimum absolute atomic E-state index is 0.357. The molecule has 2 rings (SSSR count). The summed E-state index contributed by atoms with van der Waals surface area (Å²) in [6.07, 6.45) is 4.90. The van der Waals surface area contributed by atoms with Crippen molar-refractivity contribution in [1.82, 2.24) is 9.97 Å². The third-order valence-corrected chi connectivity index (χ3v) is 3.97. The summed E-state index contributed by atoms with van der Waals surface area (Å²) < 4.78 is 0. The van der Waals surface area contributed by atoms with Gasteiger partial charge in [-0.15, -0.1) is 0 Å². The van der Waals surface area contributed by atoms with Gasteiger partial charge in [-0.05, 0) is 31.6 Å². The molecule has 1 aliphatic rings. The van der Waals surface area contributed by atoms with Crippen molar-refractivity contribution in [3.8, 4) is 0 Å². The molecular formula is C15H26N4. The Morgan fingerprint density at radius 2 is 2.16 bits per heavy atom. The standard InChI is InChI=1S/C15H26N4/c1-5-9-16-14-17-11(2)10-13(19-14)18-12-7-6-8-15(12,3)4/h10,12H,5-9H2,1-4H3,(H2,16,17,18,19). The fraction of sp³-hybridized carbons (Fsp3) is 0.733. The molecule has 1 unspecified atom stereocenters. The van der Waals surface area contributed by atoms with E-state index in [4.69, 9.17) is 0 Å². The normalized spacial score (nSPS) is 21.4. The molecule has 0 saturated heterocycles. The first kappa shape index (κ1) is 14.1. The van der Waals surface area contributed by atoms with Crippen molar-refractivity contribution < 1.29 is 0 Å². The van der Waals surface area contributed by atoms with Crippen LogP contribution in [0, 0.1) is 12.3 Å². The van der Waals surface area contributed by atoms with E-state index in [1.165, 1.54) is 19.3 Å². The van der Waals surface area contributed by atoms with Crippen molar-refractivity contribution in [1.29, 1.82) is 0 Å². The maximum atomic E-state index is 4.57. The van der Waals surface area contributed by atoms with Crippen molar-refractivity contribution >= 4 is 11.8 Å². The molecule has 4 heteroatoms. The highest BCUT2D eigenvalue weighted by molar-refractivity contribution is 5.43. The lowest BCUT2D eigenvalue weighted by Gasteiger charge is -2.28. The van der Waals surface area contributed by atoms with E-state index >= 15 is 0 Å². The Kier molecular flexibility index (Phi) is 4.27. The van der Waals surface area contributed by atoms with Crippen LogP contribution in [0.15, 0.2) is 6.07 Å². The Hall–Kier alpha value is -1.32. The Labute approximate surface area is 116 Å². The monoisotopic (exact) mass is 262 g/mol. The molecule has 0 aromatic carbocycles. The van der Waals surface area contributed by atoms with Gasteiger partial charge in [-0.2, -0.15) is 4.98 Å². The van der Waals surface area contributed by atoms with Crippen molar-refractivity contribution in [2.45, 2.75) is 59.4 Å². The van der Waals surface area contributed by atoms with Crippen LogP contribution >= 0.6 is 0 Å². The van der Waals surface area contributed by atoms with E-state index in [0.29, 0.717) is 11.5 Å². The number of nitrogens with zero attached hydrogens (tertiary/aromatic N) is 2. The number of anilines is 2. The summed E-state index contributed by atoms with van der Waals surface area (Å²) in [5.41, 5.74) is 1.36. The average Bonchev–Trinajstić information content (AvgIpc) is 2.65. The molecule has 1 aromatic rings. The highest BCUT2D eigenvalue weighted by Gasteiger charge is 2.34. The van der Waals surface area contributed by atoms with Crippen molar-refractivity contribution in [3.05, 3.63) is 11.8 Å². The SMILES string of the molecule is CCCNc1nc(C)cc(NC2CCCC2(C)C)n1. The lowest BCUT2D eigenvalue weighted by atomic mass is 9.87. The Balaban J connectivity index is 2.09. The van der Waals surface area contributed by atoms with Crippen LogP contribution in [0.1, 0.15) is 52.1 Å². The average molecular weight is 262 g/mol. The molecule has 106 valence electrons. The van der Waals surface area contributed by atoms with Crippen LogP contribution < -0.4 is 10.6 Å². The number of aromatic nitrogens is 2. The third-order valence-electron chi connectivity index (χ3n) is 3.97. The van der Waals surface area contributed by atoms with E-state index in [9.17, 15) is 0 Å². The predicted molar refractivity (Wildman–Crippen MR) is 80.6 cm³/mol. The van der Waals surface area contributed by atoms with Gasteiger partial charge in [0.15, 0.2) is 0 Å². The summed E-state index contributed by atoms with van der Waals surface area (Å²) in [6.45, 7) is 9.74. The van der Waals surface area contributed by atoms with Crippen molar-refractivity contribution in [3.63, 3.8) is 0 Å². The maximum absolute atomic E-state index is 4.57. The fourth-order valence-corrected chi connectivity index (χ4v) is 2.73. The summed E-state index contributed by atoms with van der Waals surface area (Å²) in [5, 5.41) is 6.86. The molecule has 0 radical (unpaired) electrons. The lowest BCUT2D eigenvalue weighted by molar-refractivity contribution is 0.349. The van der Waals surface area contributed by atoms with E-state index in [2.05, 4.69) is 41.4 Å². The van der Waals surface area contributed by atoms with Gasteiger partial charge in [-0.3, -0.25) is 0 Å². The van der Waals surface area contributed by atoms with Gasteiger partial charge in [-0.25, -0.2) is 4.98 Å². The number of hydrogen-bond acceptors (Lipinski definition) is 4. The summed E-state index contributed by atoms with van der Waals surface area (Å²) in [5.74, 6) is 1.69. The van der Waals surface area contributed by atoms with E-state index < -0.39 is 0 Å². The zero-order valence-corrected chi connectivity index (χ0v) is 12.6. The minimum Gasteiger partial charge on any atom is -0.367 e. The quantitative estimate of drug-likeness (QED) is 0.851. The van der Waals surface area contributed by atoms with E-state index in [0.717, 1.165) is 30.4 Å². The summed E-state index contributed by atoms with van der Waals surface area (Å²) in [6, 6.07) is 2.55. The predicted octanol–water partition coefficient (Wildman–Crippen LogP) is 3.60. The molecule has 0 bridgehead atoms. The first-order valence-electron chi connectivity index (χ1n) is 7.37. The van der Waals surface area contributed by atoms with Crippen LogP contribution in [0.25, 0.3) is 0 Å². The van der Waals surface area contributed by atoms with Gasteiger partial charge in [0.1, 0.15) is 5.82 Å². The van der Waals surface area contributed by atoms with E-state index in [1.54, 1.807) is 0 Å². The lowest BCUT2D eigenvalue weighted by Crippen LogP contribution is -2.31. The number of rotatable bonds is 5. The molecule has 0 amide bonds. The summed E-state index contributed by atoms with van der Waals surface area (Å²) in [7, 11) is 0.